The van der Waals surface area contributed by atoms with Crippen molar-refractivity contribution in [2.24, 2.45) is 0 Å². The van der Waals surface area contributed by atoms with Gasteiger partial charge in [-0.15, -0.1) is 0 Å². The maximum atomic E-state index is 11.8. The van der Waals surface area contributed by atoms with Gasteiger partial charge < -0.3 is 19.9 Å². The number of nitrogens with zero attached hydrogens (tertiary/aromatic N) is 2. The Morgan fingerprint density at radius 1 is 1.08 bits per heavy atom. The van der Waals surface area contributed by atoms with Gasteiger partial charge in [-0.3, -0.25) is 9.59 Å². The van der Waals surface area contributed by atoms with Crippen molar-refractivity contribution in [1.82, 2.24) is 15.1 Å². The van der Waals surface area contributed by atoms with Crippen molar-refractivity contribution >= 4 is 11.8 Å². The highest BCUT2D eigenvalue weighted by Crippen LogP contribution is 2.12. The fourth-order valence-corrected chi connectivity index (χ4v) is 2.23. The van der Waals surface area contributed by atoms with Gasteiger partial charge in [-0.25, -0.2) is 0 Å². The lowest BCUT2D eigenvalue weighted by Gasteiger charge is -2.21. The van der Waals surface area contributed by atoms with Crippen LogP contribution in [-0.4, -0.2) is 69.0 Å². The van der Waals surface area contributed by atoms with Crippen LogP contribution in [0.5, 0.6) is 5.75 Å². The molecule has 0 saturated heterocycles. The summed E-state index contributed by atoms with van der Waals surface area (Å²) in [5.41, 5.74) is 1.14. The molecule has 1 aromatic rings. The molecular formula is C18H29N3O3. The molecule has 6 nitrogen and oxygen atoms in total. The number of ether oxygens (including phenoxy) is 1. The zero-order valence-electron chi connectivity index (χ0n) is 15.2. The second-order valence-electron chi connectivity index (χ2n) is 6.01. The average Bonchev–Trinajstić information content (AvgIpc) is 2.54. The number of hydrogen-bond acceptors (Lipinski definition) is 4. The van der Waals surface area contributed by atoms with Crippen LogP contribution in [0.15, 0.2) is 24.3 Å². The number of benzene rings is 1. The molecule has 2 amide bonds. The van der Waals surface area contributed by atoms with Crippen LogP contribution >= 0.6 is 0 Å². The first kappa shape index (κ1) is 20.0. The Labute approximate surface area is 144 Å². The van der Waals surface area contributed by atoms with Crippen molar-refractivity contribution in [3.63, 3.8) is 0 Å². The standard InChI is InChI=1S/C18H29N3O3/c1-15(22)21(13-10-18(23)19-11-14-20(2)3)12-9-16-5-7-17(24-4)8-6-16/h5-8H,9-14H2,1-4H3,(H,19,23). The number of nitrogens with one attached hydrogen (secondary N) is 1. The monoisotopic (exact) mass is 335 g/mol. The van der Waals surface area contributed by atoms with Gasteiger partial charge >= 0.3 is 0 Å². The molecule has 0 aromatic heterocycles. The van der Waals surface area contributed by atoms with Gasteiger partial charge in [-0.1, -0.05) is 12.1 Å². The zero-order chi connectivity index (χ0) is 17.9. The second-order valence-corrected chi connectivity index (χ2v) is 6.01. The summed E-state index contributed by atoms with van der Waals surface area (Å²) in [7, 11) is 5.56. The van der Waals surface area contributed by atoms with Crippen LogP contribution < -0.4 is 10.1 Å². The Morgan fingerprint density at radius 3 is 2.29 bits per heavy atom. The average molecular weight is 335 g/mol. The SMILES string of the molecule is COc1ccc(CCN(CCC(=O)NCCN(C)C)C(C)=O)cc1. The van der Waals surface area contributed by atoms with Gasteiger partial charge in [0.05, 0.1) is 7.11 Å². The first-order chi connectivity index (χ1) is 11.4. The van der Waals surface area contributed by atoms with Crippen LogP contribution in [0.4, 0.5) is 0 Å². The van der Waals surface area contributed by atoms with E-state index in [0.717, 1.165) is 24.3 Å². The van der Waals surface area contributed by atoms with Crippen LogP contribution in [0.2, 0.25) is 0 Å². The van der Waals surface area contributed by atoms with E-state index in [1.54, 1.807) is 12.0 Å². The predicted molar refractivity (Wildman–Crippen MR) is 95.1 cm³/mol. The van der Waals surface area contributed by atoms with E-state index in [-0.39, 0.29) is 11.8 Å². The molecule has 0 fully saturated rings. The third kappa shape index (κ3) is 7.97. The van der Waals surface area contributed by atoms with Gasteiger partial charge in [-0.2, -0.15) is 0 Å². The second kappa shape index (κ2) is 10.6. The van der Waals surface area contributed by atoms with Gasteiger partial charge in [0.25, 0.3) is 0 Å². The first-order valence-electron chi connectivity index (χ1n) is 8.22. The number of amides is 2. The Balaban J connectivity index is 2.37. The van der Waals surface area contributed by atoms with Crippen molar-refractivity contribution in [3.8, 4) is 5.75 Å². The van der Waals surface area contributed by atoms with E-state index in [4.69, 9.17) is 4.74 Å². The Morgan fingerprint density at radius 2 is 1.75 bits per heavy atom. The molecule has 0 heterocycles. The molecule has 0 unspecified atom stereocenters. The van der Waals surface area contributed by atoms with Crippen molar-refractivity contribution in [3.05, 3.63) is 29.8 Å². The minimum Gasteiger partial charge on any atom is -0.497 e. The van der Waals surface area contributed by atoms with E-state index in [0.29, 0.717) is 26.1 Å². The lowest BCUT2D eigenvalue weighted by atomic mass is 10.1. The van der Waals surface area contributed by atoms with E-state index < -0.39 is 0 Å². The Kier molecular flexibility index (Phi) is 8.86. The molecule has 1 rings (SSSR count). The maximum Gasteiger partial charge on any atom is 0.221 e. The summed E-state index contributed by atoms with van der Waals surface area (Å²) in [6.07, 6.45) is 1.08. The van der Waals surface area contributed by atoms with Crippen molar-refractivity contribution < 1.29 is 14.3 Å². The summed E-state index contributed by atoms with van der Waals surface area (Å²) in [5, 5.41) is 2.86. The quantitative estimate of drug-likeness (QED) is 0.697. The third-order valence-corrected chi connectivity index (χ3v) is 3.76. The molecule has 134 valence electrons. The third-order valence-electron chi connectivity index (χ3n) is 3.76. The van der Waals surface area contributed by atoms with Crippen LogP contribution in [0.25, 0.3) is 0 Å². The molecule has 0 saturated carbocycles. The smallest absolute Gasteiger partial charge is 0.221 e. The Bertz CT molecular complexity index is 515. The molecule has 1 aromatic carbocycles. The fourth-order valence-electron chi connectivity index (χ4n) is 2.23. The molecule has 0 spiro atoms. The number of rotatable bonds is 10. The maximum absolute atomic E-state index is 11.8. The molecule has 6 heteroatoms. The molecule has 1 N–H and O–H groups in total. The van der Waals surface area contributed by atoms with Gasteiger partial charge in [0.2, 0.25) is 11.8 Å². The molecule has 0 aliphatic carbocycles. The summed E-state index contributed by atoms with van der Waals surface area (Å²) in [5.74, 6) is 0.786. The summed E-state index contributed by atoms with van der Waals surface area (Å²) >= 11 is 0. The molecule has 0 atom stereocenters. The number of hydrogen-bond donors (Lipinski definition) is 1. The van der Waals surface area contributed by atoms with Gasteiger partial charge in [0, 0.05) is 39.5 Å². The largest absolute Gasteiger partial charge is 0.497 e. The number of likely N-dealkylation sites (N-methyl/N-ethyl adjacent to an activating group) is 1. The van der Waals surface area contributed by atoms with E-state index in [2.05, 4.69) is 5.32 Å². The van der Waals surface area contributed by atoms with Crippen molar-refractivity contribution in [2.75, 3.05) is 47.4 Å². The van der Waals surface area contributed by atoms with E-state index >= 15 is 0 Å². The minimum atomic E-state index is -0.0208. The summed E-state index contributed by atoms with van der Waals surface area (Å²) in [6, 6.07) is 7.80. The molecule has 0 aliphatic rings. The van der Waals surface area contributed by atoms with E-state index in [1.165, 1.54) is 6.92 Å². The summed E-state index contributed by atoms with van der Waals surface area (Å²) in [4.78, 5) is 27.3. The van der Waals surface area contributed by atoms with Crippen molar-refractivity contribution in [1.29, 1.82) is 0 Å². The number of carbonyl (C=O) groups is 2. The molecule has 0 bridgehead atoms. The van der Waals surface area contributed by atoms with Crippen LogP contribution in [0.3, 0.4) is 0 Å². The zero-order valence-corrected chi connectivity index (χ0v) is 15.2. The minimum absolute atomic E-state index is 0.00963. The number of methoxy groups -OCH3 is 1. The highest BCUT2D eigenvalue weighted by Gasteiger charge is 2.11. The summed E-state index contributed by atoms with van der Waals surface area (Å²) in [6.45, 7) is 4.02. The molecular weight excluding hydrogens is 306 g/mol. The van der Waals surface area contributed by atoms with E-state index in [1.807, 2.05) is 43.3 Å². The van der Waals surface area contributed by atoms with Crippen LogP contribution in [-0.2, 0) is 16.0 Å². The lowest BCUT2D eigenvalue weighted by Crippen LogP contribution is -2.36. The summed E-state index contributed by atoms with van der Waals surface area (Å²) < 4.78 is 5.13. The highest BCUT2D eigenvalue weighted by atomic mass is 16.5. The first-order valence-corrected chi connectivity index (χ1v) is 8.22. The fraction of sp³-hybridized carbons (Fsp3) is 0.556. The highest BCUT2D eigenvalue weighted by molar-refractivity contribution is 5.78. The molecule has 24 heavy (non-hydrogen) atoms. The molecule has 0 radical (unpaired) electrons. The normalized spacial score (nSPS) is 10.5. The van der Waals surface area contributed by atoms with Crippen LogP contribution in [0, 0.1) is 0 Å². The topological polar surface area (TPSA) is 61.9 Å². The Hall–Kier alpha value is -2.08. The lowest BCUT2D eigenvalue weighted by molar-refractivity contribution is -0.129. The van der Waals surface area contributed by atoms with Crippen molar-refractivity contribution in [2.45, 2.75) is 19.8 Å². The van der Waals surface area contributed by atoms with Gasteiger partial charge in [0.1, 0.15) is 5.75 Å². The number of carbonyl (C=O) groups excluding carboxylic acids is 2. The predicted octanol–water partition coefficient (Wildman–Crippen LogP) is 1.15. The van der Waals surface area contributed by atoms with Gasteiger partial charge in [-0.05, 0) is 38.2 Å². The van der Waals surface area contributed by atoms with E-state index in [9.17, 15) is 9.59 Å². The molecule has 0 aliphatic heterocycles. The van der Waals surface area contributed by atoms with Gasteiger partial charge in [0.15, 0.2) is 0 Å². The van der Waals surface area contributed by atoms with Crippen LogP contribution in [0.1, 0.15) is 18.9 Å².